The van der Waals surface area contributed by atoms with E-state index in [1.807, 2.05) is 12.1 Å². The molecule has 1 aromatic heterocycles. The van der Waals surface area contributed by atoms with E-state index in [4.69, 9.17) is 16.0 Å². The molecule has 0 bridgehead atoms. The van der Waals surface area contributed by atoms with Gasteiger partial charge in [0.1, 0.15) is 11.6 Å². The number of piperazine rings is 1. The van der Waals surface area contributed by atoms with Gasteiger partial charge in [-0.1, -0.05) is 11.6 Å². The van der Waals surface area contributed by atoms with E-state index in [9.17, 15) is 14.3 Å². The van der Waals surface area contributed by atoms with Gasteiger partial charge >= 0.3 is 6.03 Å². The summed E-state index contributed by atoms with van der Waals surface area (Å²) in [5, 5.41) is 12.3. The molecule has 1 aliphatic heterocycles. The van der Waals surface area contributed by atoms with Crippen molar-refractivity contribution >= 4 is 23.3 Å². The van der Waals surface area contributed by atoms with E-state index in [2.05, 4.69) is 10.2 Å². The Morgan fingerprint density at radius 1 is 1.38 bits per heavy atom. The summed E-state index contributed by atoms with van der Waals surface area (Å²) < 4.78 is 18.8. The maximum absolute atomic E-state index is 13.4. The molecule has 1 aromatic carbocycles. The third kappa shape index (κ3) is 4.55. The molecule has 140 valence electrons. The van der Waals surface area contributed by atoms with Gasteiger partial charge in [-0.3, -0.25) is 4.90 Å². The fourth-order valence-corrected chi connectivity index (χ4v) is 3.26. The van der Waals surface area contributed by atoms with Crippen LogP contribution in [-0.4, -0.2) is 53.2 Å². The first-order valence-electron chi connectivity index (χ1n) is 8.45. The van der Waals surface area contributed by atoms with Crippen LogP contribution in [0.4, 0.5) is 14.9 Å². The number of hydrogen-bond acceptors (Lipinski definition) is 4. The molecule has 1 aliphatic rings. The summed E-state index contributed by atoms with van der Waals surface area (Å²) in [5.74, 6) is 0.378. The highest BCUT2D eigenvalue weighted by Crippen LogP contribution is 2.24. The van der Waals surface area contributed by atoms with Crippen LogP contribution in [0.1, 0.15) is 12.2 Å². The van der Waals surface area contributed by atoms with Crippen LogP contribution in [0, 0.1) is 5.82 Å². The predicted molar refractivity (Wildman–Crippen MR) is 96.6 cm³/mol. The second kappa shape index (κ2) is 8.53. The molecule has 2 amide bonds. The number of carbonyl (C=O) groups excluding carboxylic acids is 1. The molecular weight excluding hydrogens is 361 g/mol. The third-order valence-corrected chi connectivity index (χ3v) is 4.79. The maximum atomic E-state index is 13.4. The molecule has 1 saturated heterocycles. The first-order valence-corrected chi connectivity index (χ1v) is 8.83. The Labute approximate surface area is 156 Å². The quantitative estimate of drug-likeness (QED) is 0.834. The minimum atomic E-state index is -0.467. The number of hydrogen-bond donors (Lipinski definition) is 2. The Morgan fingerprint density at radius 3 is 2.96 bits per heavy atom. The van der Waals surface area contributed by atoms with Crippen LogP contribution < -0.4 is 5.32 Å². The summed E-state index contributed by atoms with van der Waals surface area (Å²) in [7, 11) is 0. The highest BCUT2D eigenvalue weighted by molar-refractivity contribution is 6.33. The normalized spacial score (nSPS) is 18.1. The number of urea groups is 1. The topological polar surface area (TPSA) is 69.0 Å². The van der Waals surface area contributed by atoms with Gasteiger partial charge in [-0.15, -0.1) is 0 Å². The Bertz CT molecular complexity index is 741. The van der Waals surface area contributed by atoms with Gasteiger partial charge in [-0.05, 0) is 36.8 Å². The van der Waals surface area contributed by atoms with Crippen LogP contribution in [0.3, 0.4) is 0 Å². The van der Waals surface area contributed by atoms with E-state index < -0.39 is 5.82 Å². The molecule has 1 atom stereocenters. The molecule has 1 fully saturated rings. The van der Waals surface area contributed by atoms with Gasteiger partial charge in [0, 0.05) is 32.3 Å². The smallest absolute Gasteiger partial charge is 0.321 e. The number of carbonyl (C=O) groups is 1. The molecule has 8 heteroatoms. The first kappa shape index (κ1) is 18.7. The zero-order chi connectivity index (χ0) is 18.5. The van der Waals surface area contributed by atoms with Crippen molar-refractivity contribution in [3.05, 3.63) is 53.2 Å². The minimum Gasteiger partial charge on any atom is -0.468 e. The molecule has 3 rings (SSSR count). The number of aliphatic hydroxyl groups excluding tert-OH is 1. The number of benzene rings is 1. The van der Waals surface area contributed by atoms with E-state index >= 15 is 0 Å². The van der Waals surface area contributed by atoms with Gasteiger partial charge in [0.2, 0.25) is 0 Å². The highest BCUT2D eigenvalue weighted by atomic mass is 35.5. The summed E-state index contributed by atoms with van der Waals surface area (Å²) in [4.78, 5) is 16.4. The monoisotopic (exact) mass is 381 g/mol. The summed E-state index contributed by atoms with van der Waals surface area (Å²) in [6, 6.07) is 7.25. The lowest BCUT2D eigenvalue weighted by molar-refractivity contribution is 0.0669. The Balaban J connectivity index is 1.64. The Hall–Kier alpha value is -2.09. The lowest BCUT2D eigenvalue weighted by Gasteiger charge is -2.41. The summed E-state index contributed by atoms with van der Waals surface area (Å²) >= 11 is 6.01. The van der Waals surface area contributed by atoms with Gasteiger partial charge in [0.05, 0.1) is 23.5 Å². The van der Waals surface area contributed by atoms with E-state index in [0.29, 0.717) is 32.6 Å². The largest absolute Gasteiger partial charge is 0.468 e. The Kier molecular flexibility index (Phi) is 6.13. The molecule has 26 heavy (non-hydrogen) atoms. The molecule has 2 N–H and O–H groups in total. The average Bonchev–Trinajstić information content (AvgIpc) is 3.13. The number of amides is 2. The van der Waals surface area contributed by atoms with E-state index in [-0.39, 0.29) is 29.4 Å². The van der Waals surface area contributed by atoms with Gasteiger partial charge in [0.15, 0.2) is 0 Å². The van der Waals surface area contributed by atoms with Crippen molar-refractivity contribution in [2.24, 2.45) is 0 Å². The van der Waals surface area contributed by atoms with Crippen LogP contribution in [-0.2, 0) is 6.54 Å². The molecule has 0 radical (unpaired) electrons. The van der Waals surface area contributed by atoms with Gasteiger partial charge in [-0.2, -0.15) is 0 Å². The Morgan fingerprint density at radius 2 is 2.23 bits per heavy atom. The van der Waals surface area contributed by atoms with Gasteiger partial charge in [-0.25, -0.2) is 9.18 Å². The summed E-state index contributed by atoms with van der Waals surface area (Å²) in [6.45, 7) is 2.28. The first-order chi connectivity index (χ1) is 12.6. The molecular formula is C18H21ClFN3O3. The summed E-state index contributed by atoms with van der Waals surface area (Å²) in [5.41, 5.74) is 0.244. The van der Waals surface area contributed by atoms with Gasteiger partial charge < -0.3 is 19.7 Å². The van der Waals surface area contributed by atoms with Crippen molar-refractivity contribution in [2.45, 2.75) is 19.0 Å². The lowest BCUT2D eigenvalue weighted by atomic mass is 10.1. The number of halogens is 2. The number of rotatable bonds is 5. The van der Waals surface area contributed by atoms with Crippen molar-refractivity contribution in [3.63, 3.8) is 0 Å². The van der Waals surface area contributed by atoms with Gasteiger partial charge in [0.25, 0.3) is 0 Å². The SMILES string of the molecule is O=C(Nc1cc(F)ccc1Cl)N1CCN(Cc2ccco2)[C@H](CCO)C1. The second-order valence-electron chi connectivity index (χ2n) is 6.22. The van der Waals surface area contributed by atoms with Crippen LogP contribution in [0.2, 0.25) is 5.02 Å². The predicted octanol–water partition coefficient (Wildman–Crippen LogP) is 3.17. The van der Waals surface area contributed by atoms with Crippen molar-refractivity contribution in [3.8, 4) is 0 Å². The summed E-state index contributed by atoms with van der Waals surface area (Å²) in [6.07, 6.45) is 2.17. The number of nitrogens with one attached hydrogen (secondary N) is 1. The number of furan rings is 1. The van der Waals surface area contributed by atoms with Crippen LogP contribution >= 0.6 is 11.6 Å². The molecule has 0 spiro atoms. The molecule has 2 aromatic rings. The molecule has 0 aliphatic carbocycles. The third-order valence-electron chi connectivity index (χ3n) is 4.46. The standard InChI is InChI=1S/C18H21ClFN3O3/c19-16-4-3-13(20)10-17(16)21-18(25)23-7-6-22(14(11-23)5-8-24)12-15-2-1-9-26-15/h1-4,9-10,14,24H,5-8,11-12H2,(H,21,25)/t14-/m1/s1. The van der Waals surface area contributed by atoms with E-state index in [0.717, 1.165) is 5.76 Å². The lowest BCUT2D eigenvalue weighted by Crippen LogP contribution is -2.55. The van der Waals surface area contributed by atoms with Crippen molar-refractivity contribution in [1.29, 1.82) is 0 Å². The zero-order valence-corrected chi connectivity index (χ0v) is 15.0. The van der Waals surface area contributed by atoms with Crippen molar-refractivity contribution in [2.75, 3.05) is 31.6 Å². The molecule has 0 saturated carbocycles. The fraction of sp³-hybridized carbons (Fsp3) is 0.389. The average molecular weight is 382 g/mol. The number of anilines is 1. The zero-order valence-electron chi connectivity index (χ0n) is 14.2. The highest BCUT2D eigenvalue weighted by Gasteiger charge is 2.30. The van der Waals surface area contributed by atoms with E-state index in [1.54, 1.807) is 11.2 Å². The fourth-order valence-electron chi connectivity index (χ4n) is 3.10. The minimum absolute atomic E-state index is 0.00702. The van der Waals surface area contributed by atoms with Crippen molar-refractivity contribution < 1.29 is 18.7 Å². The van der Waals surface area contributed by atoms with Crippen LogP contribution in [0.25, 0.3) is 0 Å². The molecule has 6 nitrogen and oxygen atoms in total. The number of aliphatic hydroxyl groups is 1. The van der Waals surface area contributed by atoms with Crippen LogP contribution in [0.5, 0.6) is 0 Å². The second-order valence-corrected chi connectivity index (χ2v) is 6.62. The number of nitrogens with zero attached hydrogens (tertiary/aromatic N) is 2. The molecule has 2 heterocycles. The van der Waals surface area contributed by atoms with Crippen molar-refractivity contribution in [1.82, 2.24) is 9.80 Å². The molecule has 0 unspecified atom stereocenters. The van der Waals surface area contributed by atoms with E-state index in [1.165, 1.54) is 18.2 Å². The maximum Gasteiger partial charge on any atom is 0.321 e. The van der Waals surface area contributed by atoms with Crippen LogP contribution in [0.15, 0.2) is 41.0 Å².